The smallest absolute Gasteiger partial charge is 0.0468 e. The monoisotopic (exact) mass is 477 g/mol. The van der Waals surface area contributed by atoms with Crippen molar-refractivity contribution in [3.05, 3.63) is 126 Å². The van der Waals surface area contributed by atoms with Crippen LogP contribution in [0.3, 0.4) is 0 Å². The van der Waals surface area contributed by atoms with E-state index in [4.69, 9.17) is 0 Å². The second-order valence-electron chi connectivity index (χ2n) is 9.83. The van der Waals surface area contributed by atoms with Gasteiger partial charge in [-0.25, -0.2) is 0 Å². The van der Waals surface area contributed by atoms with Crippen molar-refractivity contribution in [1.82, 2.24) is 4.98 Å². The van der Waals surface area contributed by atoms with Gasteiger partial charge >= 0.3 is 0 Å². The van der Waals surface area contributed by atoms with Gasteiger partial charge in [0.15, 0.2) is 0 Å². The number of aromatic amines is 1. The van der Waals surface area contributed by atoms with Crippen LogP contribution >= 0.6 is 11.3 Å². The van der Waals surface area contributed by atoms with Crippen LogP contribution in [0.15, 0.2) is 109 Å². The van der Waals surface area contributed by atoms with Crippen LogP contribution in [-0.4, -0.2) is 4.98 Å². The van der Waals surface area contributed by atoms with Gasteiger partial charge in [-0.05, 0) is 63.7 Å². The fraction of sp³-hybridized carbons (Fsp3) is 0.0588. The molecule has 1 unspecified atom stereocenters. The number of fused-ring (bicyclic) bond motifs is 8. The van der Waals surface area contributed by atoms with Crippen LogP contribution in [0.1, 0.15) is 22.7 Å². The van der Waals surface area contributed by atoms with Crippen LogP contribution in [0.4, 0.5) is 0 Å². The zero-order valence-corrected chi connectivity index (χ0v) is 20.5. The molecule has 0 aliphatic heterocycles. The average Bonchev–Trinajstić information content (AvgIpc) is 3.50. The fourth-order valence-electron chi connectivity index (χ4n) is 5.99. The third-order valence-electron chi connectivity index (χ3n) is 7.77. The maximum absolute atomic E-state index is 3.66. The fourth-order valence-corrected chi connectivity index (χ4v) is 7.14. The molecular formula is C34H23NS. The highest BCUT2D eigenvalue weighted by molar-refractivity contribution is 7.25. The summed E-state index contributed by atoms with van der Waals surface area (Å²) in [6, 6.07) is 38.0. The zero-order valence-electron chi connectivity index (χ0n) is 19.7. The van der Waals surface area contributed by atoms with E-state index in [9.17, 15) is 0 Å². The van der Waals surface area contributed by atoms with Gasteiger partial charge in [0.25, 0.3) is 0 Å². The first kappa shape index (κ1) is 20.1. The number of H-pyrrole nitrogens is 1. The van der Waals surface area contributed by atoms with Gasteiger partial charge in [0.05, 0.1) is 0 Å². The molecule has 0 bridgehead atoms. The Morgan fingerprint density at radius 3 is 2.47 bits per heavy atom. The molecule has 36 heavy (non-hydrogen) atoms. The van der Waals surface area contributed by atoms with Crippen molar-refractivity contribution in [2.24, 2.45) is 0 Å². The second-order valence-corrected chi connectivity index (χ2v) is 10.9. The van der Waals surface area contributed by atoms with Crippen molar-refractivity contribution in [2.45, 2.75) is 12.3 Å². The number of aromatic nitrogens is 1. The molecule has 170 valence electrons. The molecule has 8 rings (SSSR count). The number of hydrogen-bond donors (Lipinski definition) is 1. The number of benzene rings is 5. The molecule has 0 spiro atoms. The third kappa shape index (κ3) is 3.01. The minimum atomic E-state index is 0.364. The summed E-state index contributed by atoms with van der Waals surface area (Å²) in [7, 11) is 0. The summed E-state index contributed by atoms with van der Waals surface area (Å²) in [5, 5.41) is 6.73. The van der Waals surface area contributed by atoms with Gasteiger partial charge in [0.1, 0.15) is 0 Å². The molecule has 2 heterocycles. The van der Waals surface area contributed by atoms with Gasteiger partial charge in [-0.2, -0.15) is 0 Å². The molecule has 2 heteroatoms. The molecule has 1 N–H and O–H groups in total. The average molecular weight is 478 g/mol. The molecule has 0 fully saturated rings. The lowest BCUT2D eigenvalue weighted by atomic mass is 9.85. The standard InChI is InChI=1S/C34H23NS/c1-2-9-26-21(6-1)13-17-31-34(26)29-19-24(14-16-30(29)35-31)22-7-5-8-23(18-22)25-12-15-28-27-10-3-4-11-32(27)36-33(28)20-25/h1-18,20,24,35H,19H2. The van der Waals surface area contributed by atoms with Crippen LogP contribution in [0.2, 0.25) is 0 Å². The molecule has 1 atom stereocenters. The molecule has 2 aromatic heterocycles. The summed E-state index contributed by atoms with van der Waals surface area (Å²) >= 11 is 1.88. The van der Waals surface area contributed by atoms with E-state index in [1.54, 1.807) is 0 Å². The lowest BCUT2D eigenvalue weighted by Gasteiger charge is -2.19. The highest BCUT2D eigenvalue weighted by atomic mass is 32.1. The zero-order chi connectivity index (χ0) is 23.6. The summed E-state index contributed by atoms with van der Waals surface area (Å²) in [6.45, 7) is 0. The number of thiophene rings is 1. The molecule has 0 radical (unpaired) electrons. The Balaban J connectivity index is 1.20. The highest BCUT2D eigenvalue weighted by Crippen LogP contribution is 2.40. The summed E-state index contributed by atoms with van der Waals surface area (Å²) in [5.74, 6) is 0.364. The van der Waals surface area contributed by atoms with E-state index in [2.05, 4.69) is 120 Å². The van der Waals surface area contributed by atoms with Crippen molar-refractivity contribution < 1.29 is 0 Å². The minimum absolute atomic E-state index is 0.364. The number of allylic oxidation sites excluding steroid dienone is 1. The molecule has 7 aromatic rings. The first-order valence-corrected chi connectivity index (χ1v) is 13.4. The van der Waals surface area contributed by atoms with Crippen molar-refractivity contribution in [3.8, 4) is 11.1 Å². The van der Waals surface area contributed by atoms with Crippen molar-refractivity contribution in [1.29, 1.82) is 0 Å². The molecular weight excluding hydrogens is 454 g/mol. The van der Waals surface area contributed by atoms with Gasteiger partial charge in [0.2, 0.25) is 0 Å². The van der Waals surface area contributed by atoms with E-state index in [-0.39, 0.29) is 0 Å². The van der Waals surface area contributed by atoms with Crippen molar-refractivity contribution in [3.63, 3.8) is 0 Å². The Bertz CT molecular complexity index is 1980. The van der Waals surface area contributed by atoms with E-state index in [1.165, 1.54) is 69.8 Å². The Kier molecular flexibility index (Phi) is 4.29. The SMILES string of the molecule is C1=CC(c2cccc(-c3ccc4c(c3)sc3ccccc34)c2)Cc2c1[nH]c1ccc3ccccc3c21. The third-order valence-corrected chi connectivity index (χ3v) is 8.90. The largest absolute Gasteiger partial charge is 0.355 e. The Morgan fingerprint density at radius 2 is 1.50 bits per heavy atom. The summed E-state index contributed by atoms with van der Waals surface area (Å²) < 4.78 is 2.71. The van der Waals surface area contributed by atoms with Gasteiger partial charge in [-0.15, -0.1) is 11.3 Å². The Hall–Kier alpha value is -4.14. The first-order valence-electron chi connectivity index (χ1n) is 12.5. The summed E-state index contributed by atoms with van der Waals surface area (Å²) in [4.78, 5) is 3.66. The van der Waals surface area contributed by atoms with Gasteiger partial charge in [0, 0.05) is 42.7 Å². The molecule has 0 saturated carbocycles. The van der Waals surface area contributed by atoms with Crippen LogP contribution < -0.4 is 0 Å². The van der Waals surface area contributed by atoms with Crippen LogP contribution in [0, 0.1) is 0 Å². The van der Waals surface area contributed by atoms with Crippen LogP contribution in [0.25, 0.3) is 59.1 Å². The quantitative estimate of drug-likeness (QED) is 0.255. The minimum Gasteiger partial charge on any atom is -0.355 e. The number of hydrogen-bond acceptors (Lipinski definition) is 1. The summed E-state index contributed by atoms with van der Waals surface area (Å²) in [6.07, 6.45) is 5.67. The van der Waals surface area contributed by atoms with E-state index in [1.807, 2.05) is 11.3 Å². The number of rotatable bonds is 2. The molecule has 1 nitrogen and oxygen atoms in total. The molecule has 1 aliphatic carbocycles. The molecule has 0 amide bonds. The molecule has 0 saturated heterocycles. The van der Waals surface area contributed by atoms with Crippen molar-refractivity contribution >= 4 is 59.3 Å². The Labute approximate surface area is 213 Å². The van der Waals surface area contributed by atoms with E-state index in [0.717, 1.165) is 6.42 Å². The van der Waals surface area contributed by atoms with E-state index >= 15 is 0 Å². The second kappa shape index (κ2) is 7.68. The van der Waals surface area contributed by atoms with E-state index in [0.29, 0.717) is 5.92 Å². The van der Waals surface area contributed by atoms with Gasteiger partial charge < -0.3 is 4.98 Å². The predicted octanol–water partition coefficient (Wildman–Crippen LogP) is 9.71. The lowest BCUT2D eigenvalue weighted by molar-refractivity contribution is 0.832. The highest BCUT2D eigenvalue weighted by Gasteiger charge is 2.21. The first-order chi connectivity index (χ1) is 17.8. The maximum atomic E-state index is 3.66. The maximum Gasteiger partial charge on any atom is 0.0468 e. The lowest BCUT2D eigenvalue weighted by Crippen LogP contribution is -2.05. The number of nitrogens with one attached hydrogen (secondary N) is 1. The van der Waals surface area contributed by atoms with Crippen molar-refractivity contribution in [2.75, 3.05) is 0 Å². The molecule has 1 aliphatic rings. The van der Waals surface area contributed by atoms with E-state index < -0.39 is 0 Å². The molecule has 5 aromatic carbocycles. The Morgan fingerprint density at radius 1 is 0.667 bits per heavy atom. The normalized spacial score (nSPS) is 15.3. The van der Waals surface area contributed by atoms with Gasteiger partial charge in [-0.1, -0.05) is 91.0 Å². The summed E-state index contributed by atoms with van der Waals surface area (Å²) in [5.41, 5.74) is 7.87. The topological polar surface area (TPSA) is 15.8 Å². The predicted molar refractivity (Wildman–Crippen MR) is 156 cm³/mol. The van der Waals surface area contributed by atoms with Crippen LogP contribution in [0.5, 0.6) is 0 Å². The van der Waals surface area contributed by atoms with Crippen LogP contribution in [-0.2, 0) is 6.42 Å². The van der Waals surface area contributed by atoms with Gasteiger partial charge in [-0.3, -0.25) is 0 Å².